The molecule has 3 heteroatoms. The molecule has 1 N–H and O–H groups in total. The van der Waals surface area contributed by atoms with Crippen LogP contribution in [0.15, 0.2) is 42.5 Å². The Kier molecular flexibility index (Phi) is 4.03. The van der Waals surface area contributed by atoms with Crippen molar-refractivity contribution in [3.8, 4) is 5.75 Å². The molecule has 0 fully saturated rings. The van der Waals surface area contributed by atoms with Crippen LogP contribution in [0.1, 0.15) is 26.3 Å². The van der Waals surface area contributed by atoms with Gasteiger partial charge in [0.25, 0.3) is 0 Å². The molecular formula is C18H20O3. The van der Waals surface area contributed by atoms with Gasteiger partial charge in [-0.25, -0.2) is 0 Å². The molecule has 110 valence electrons. The molecule has 0 spiro atoms. The van der Waals surface area contributed by atoms with Crippen LogP contribution in [0.5, 0.6) is 5.75 Å². The second-order valence-corrected chi connectivity index (χ2v) is 5.56. The Hall–Kier alpha value is -2.29. The molecule has 0 amide bonds. The van der Waals surface area contributed by atoms with E-state index in [-0.39, 0.29) is 0 Å². The highest BCUT2D eigenvalue weighted by Crippen LogP contribution is 2.36. The Balaban J connectivity index is 2.54. The molecule has 0 aliphatic heterocycles. The van der Waals surface area contributed by atoms with Crippen molar-refractivity contribution in [2.24, 2.45) is 5.41 Å². The third kappa shape index (κ3) is 2.77. The molecule has 2 aromatic rings. The zero-order valence-electron chi connectivity index (χ0n) is 12.8. The predicted octanol–water partition coefficient (Wildman–Crippen LogP) is 4.36. The number of hydrogen-bond donors (Lipinski definition) is 1. The Morgan fingerprint density at radius 3 is 2.33 bits per heavy atom. The monoisotopic (exact) mass is 284 g/mol. The number of rotatable bonds is 4. The largest absolute Gasteiger partial charge is 0.497 e. The van der Waals surface area contributed by atoms with E-state index < -0.39 is 11.4 Å². The molecular weight excluding hydrogens is 264 g/mol. The van der Waals surface area contributed by atoms with Crippen LogP contribution in [0, 0.1) is 5.41 Å². The molecule has 0 saturated carbocycles. The highest BCUT2D eigenvalue weighted by Gasteiger charge is 2.32. The van der Waals surface area contributed by atoms with Gasteiger partial charge in [-0.2, -0.15) is 0 Å². The lowest BCUT2D eigenvalue weighted by molar-refractivity contribution is -0.143. The average Bonchev–Trinajstić information content (AvgIpc) is 2.47. The van der Waals surface area contributed by atoms with Crippen LogP contribution in [-0.4, -0.2) is 18.2 Å². The van der Waals surface area contributed by atoms with Crippen molar-refractivity contribution >= 4 is 22.3 Å². The zero-order chi connectivity index (χ0) is 15.6. The number of fused-ring (bicyclic) bond motifs is 1. The quantitative estimate of drug-likeness (QED) is 0.907. The van der Waals surface area contributed by atoms with Gasteiger partial charge in [0.15, 0.2) is 0 Å². The zero-order valence-corrected chi connectivity index (χ0v) is 12.8. The van der Waals surface area contributed by atoms with Gasteiger partial charge in [0.1, 0.15) is 5.75 Å². The van der Waals surface area contributed by atoms with Gasteiger partial charge in [-0.3, -0.25) is 4.79 Å². The molecule has 0 unspecified atom stereocenters. The number of aliphatic carboxylic acids is 1. The number of carboxylic acid groups (broad SMARTS) is 1. The summed E-state index contributed by atoms with van der Waals surface area (Å²) < 4.78 is 5.22. The van der Waals surface area contributed by atoms with E-state index in [0.29, 0.717) is 0 Å². The third-order valence-electron chi connectivity index (χ3n) is 3.86. The molecule has 2 aromatic carbocycles. The maximum Gasteiger partial charge on any atom is 0.313 e. The van der Waals surface area contributed by atoms with E-state index >= 15 is 0 Å². The normalized spacial score (nSPS) is 12.5. The minimum Gasteiger partial charge on any atom is -0.497 e. The number of methoxy groups -OCH3 is 1. The fourth-order valence-electron chi connectivity index (χ4n) is 2.52. The smallest absolute Gasteiger partial charge is 0.313 e. The first-order chi connectivity index (χ1) is 9.90. The topological polar surface area (TPSA) is 46.5 Å². The van der Waals surface area contributed by atoms with Crippen LogP contribution >= 0.6 is 0 Å². The summed E-state index contributed by atoms with van der Waals surface area (Å²) in [4.78, 5) is 11.5. The second kappa shape index (κ2) is 5.60. The Morgan fingerprint density at radius 2 is 1.76 bits per heavy atom. The van der Waals surface area contributed by atoms with Crippen LogP contribution in [0.3, 0.4) is 0 Å². The van der Waals surface area contributed by atoms with Crippen LogP contribution in [0.25, 0.3) is 16.3 Å². The summed E-state index contributed by atoms with van der Waals surface area (Å²) in [7, 11) is 1.64. The van der Waals surface area contributed by atoms with Gasteiger partial charge in [-0.1, -0.05) is 24.3 Å². The van der Waals surface area contributed by atoms with Crippen molar-refractivity contribution in [1.82, 2.24) is 0 Å². The van der Waals surface area contributed by atoms with Crippen molar-refractivity contribution in [2.75, 3.05) is 7.11 Å². The molecule has 21 heavy (non-hydrogen) atoms. The standard InChI is InChI=1S/C18H20O3/c1-5-16(18(2,3)17(19)20)14-7-6-13-11-15(21-4)9-8-12(13)10-14/h5-11H,1-4H3,(H,19,20)/b16-5+. The van der Waals surface area contributed by atoms with Gasteiger partial charge < -0.3 is 9.84 Å². The molecule has 0 heterocycles. The van der Waals surface area contributed by atoms with Crippen molar-refractivity contribution in [3.63, 3.8) is 0 Å². The lowest BCUT2D eigenvalue weighted by atomic mass is 9.79. The number of carboxylic acids is 1. The first-order valence-electron chi connectivity index (χ1n) is 6.88. The van der Waals surface area contributed by atoms with Gasteiger partial charge in [-0.05, 0) is 60.9 Å². The van der Waals surface area contributed by atoms with E-state index in [1.165, 1.54) is 0 Å². The number of carbonyl (C=O) groups is 1. The van der Waals surface area contributed by atoms with E-state index in [9.17, 15) is 9.90 Å². The summed E-state index contributed by atoms with van der Waals surface area (Å²) >= 11 is 0. The molecule has 2 rings (SSSR count). The molecule has 0 aliphatic carbocycles. The summed E-state index contributed by atoms with van der Waals surface area (Å²) in [6.07, 6.45) is 1.87. The number of ether oxygens (including phenoxy) is 1. The Morgan fingerprint density at radius 1 is 1.14 bits per heavy atom. The highest BCUT2D eigenvalue weighted by molar-refractivity contribution is 5.94. The summed E-state index contributed by atoms with van der Waals surface area (Å²) in [5, 5.41) is 11.6. The van der Waals surface area contributed by atoms with Gasteiger partial charge in [0.05, 0.1) is 12.5 Å². The molecule has 3 nitrogen and oxygen atoms in total. The van der Waals surface area contributed by atoms with Crippen molar-refractivity contribution < 1.29 is 14.6 Å². The van der Waals surface area contributed by atoms with Crippen molar-refractivity contribution in [2.45, 2.75) is 20.8 Å². The summed E-state index contributed by atoms with van der Waals surface area (Å²) in [5.74, 6) is -0.0159. The molecule has 0 saturated heterocycles. The number of benzene rings is 2. The van der Waals surface area contributed by atoms with E-state index in [1.54, 1.807) is 21.0 Å². The van der Waals surface area contributed by atoms with Crippen LogP contribution in [0.2, 0.25) is 0 Å². The van der Waals surface area contributed by atoms with E-state index in [1.807, 2.05) is 49.4 Å². The van der Waals surface area contributed by atoms with Crippen LogP contribution in [0.4, 0.5) is 0 Å². The number of allylic oxidation sites excluding steroid dienone is 1. The predicted molar refractivity (Wildman–Crippen MR) is 85.6 cm³/mol. The fraction of sp³-hybridized carbons (Fsp3) is 0.278. The van der Waals surface area contributed by atoms with Gasteiger partial charge in [0, 0.05) is 0 Å². The van der Waals surface area contributed by atoms with Gasteiger partial charge >= 0.3 is 5.97 Å². The maximum absolute atomic E-state index is 11.5. The van der Waals surface area contributed by atoms with E-state index in [2.05, 4.69) is 0 Å². The van der Waals surface area contributed by atoms with Gasteiger partial charge in [-0.15, -0.1) is 0 Å². The minimum absolute atomic E-state index is 0.812. The highest BCUT2D eigenvalue weighted by atomic mass is 16.5. The Labute approximate surface area is 124 Å². The van der Waals surface area contributed by atoms with E-state index in [4.69, 9.17) is 4.74 Å². The summed E-state index contributed by atoms with van der Waals surface area (Å²) in [5.41, 5.74) is 0.824. The SMILES string of the molecule is C/C=C(\c1ccc2cc(OC)ccc2c1)C(C)(C)C(=O)O. The maximum atomic E-state index is 11.5. The van der Waals surface area contributed by atoms with Crippen LogP contribution in [-0.2, 0) is 4.79 Å². The molecule has 0 aromatic heterocycles. The van der Waals surface area contributed by atoms with Crippen molar-refractivity contribution in [3.05, 3.63) is 48.0 Å². The molecule has 0 bridgehead atoms. The van der Waals surface area contributed by atoms with Crippen molar-refractivity contribution in [1.29, 1.82) is 0 Å². The third-order valence-corrected chi connectivity index (χ3v) is 3.86. The lowest BCUT2D eigenvalue weighted by Crippen LogP contribution is -2.25. The first-order valence-corrected chi connectivity index (χ1v) is 6.88. The van der Waals surface area contributed by atoms with Gasteiger partial charge in [0.2, 0.25) is 0 Å². The average molecular weight is 284 g/mol. The van der Waals surface area contributed by atoms with Crippen LogP contribution < -0.4 is 4.74 Å². The summed E-state index contributed by atoms with van der Waals surface area (Å²) in [6.45, 7) is 5.32. The van der Waals surface area contributed by atoms with E-state index in [0.717, 1.165) is 27.7 Å². The summed E-state index contributed by atoms with van der Waals surface area (Å²) in [6, 6.07) is 11.8. The first kappa shape index (κ1) is 15.1. The fourth-order valence-corrected chi connectivity index (χ4v) is 2.52. The second-order valence-electron chi connectivity index (χ2n) is 5.56. The Bertz CT molecular complexity index is 711. The molecule has 0 aliphatic rings. The molecule has 0 radical (unpaired) electrons. The lowest BCUT2D eigenvalue weighted by Gasteiger charge is -2.24. The minimum atomic E-state index is -0.922. The molecule has 0 atom stereocenters. The number of hydrogen-bond acceptors (Lipinski definition) is 2.